The highest BCUT2D eigenvalue weighted by Crippen LogP contribution is 2.35. The van der Waals surface area contributed by atoms with Crippen molar-refractivity contribution in [3.8, 4) is 0 Å². The van der Waals surface area contributed by atoms with Crippen LogP contribution in [0.2, 0.25) is 0 Å². The second kappa shape index (κ2) is 7.27. The van der Waals surface area contributed by atoms with Gasteiger partial charge in [0, 0.05) is 16.9 Å². The summed E-state index contributed by atoms with van der Waals surface area (Å²) in [5.74, 6) is -0.396. The number of halogens is 3. The Kier molecular flexibility index (Phi) is 4.85. The first-order valence-corrected chi connectivity index (χ1v) is 10.4. The minimum atomic E-state index is -4.52. The van der Waals surface area contributed by atoms with Crippen LogP contribution in [-0.2, 0) is 21.0 Å². The Bertz CT molecular complexity index is 1310. The van der Waals surface area contributed by atoms with Crippen LogP contribution in [0.3, 0.4) is 0 Å². The molecule has 4 rings (SSSR count). The lowest BCUT2D eigenvalue weighted by Gasteiger charge is -2.11. The molecule has 1 amide bonds. The van der Waals surface area contributed by atoms with E-state index in [0.29, 0.717) is 16.9 Å². The summed E-state index contributed by atoms with van der Waals surface area (Å²) in [6, 6.07) is 9.45. The molecule has 0 unspecified atom stereocenters. The second-order valence-corrected chi connectivity index (χ2v) is 8.55. The van der Waals surface area contributed by atoms with Gasteiger partial charge in [0.2, 0.25) is 0 Å². The summed E-state index contributed by atoms with van der Waals surface area (Å²) < 4.78 is 65.8. The van der Waals surface area contributed by atoms with Crippen molar-refractivity contribution in [2.24, 2.45) is 0 Å². The molecule has 0 radical (unpaired) electrons. The standard InChI is InChI=1S/C20H15F3N4O3S/c1-11-8-14(26-25-11)9-17-16-10-15(6-7-18(16)24-19(17)28)31(29,30)27-13-4-2-12(3-5-13)20(21,22)23/h2-10,27H,1H3,(H,24,28)(H,25,26). The van der Waals surface area contributed by atoms with E-state index in [0.717, 1.165) is 30.0 Å². The molecule has 11 heteroatoms. The number of rotatable bonds is 4. The number of alkyl halides is 3. The van der Waals surface area contributed by atoms with E-state index in [-0.39, 0.29) is 16.2 Å². The number of aromatic amines is 1. The molecule has 0 saturated carbocycles. The third-order valence-corrected chi connectivity index (χ3v) is 5.95. The Morgan fingerprint density at radius 2 is 1.77 bits per heavy atom. The third-order valence-electron chi connectivity index (χ3n) is 4.57. The van der Waals surface area contributed by atoms with E-state index in [1.807, 2.05) is 0 Å². The molecule has 0 saturated heterocycles. The van der Waals surface area contributed by atoms with Crippen molar-refractivity contribution in [3.63, 3.8) is 0 Å². The van der Waals surface area contributed by atoms with E-state index in [4.69, 9.17) is 0 Å². The maximum Gasteiger partial charge on any atom is 0.416 e. The Morgan fingerprint density at radius 1 is 1.06 bits per heavy atom. The van der Waals surface area contributed by atoms with Crippen LogP contribution in [0.1, 0.15) is 22.5 Å². The van der Waals surface area contributed by atoms with Gasteiger partial charge in [-0.3, -0.25) is 14.6 Å². The van der Waals surface area contributed by atoms with Crippen LogP contribution < -0.4 is 10.0 Å². The Hall–Kier alpha value is -3.60. The maximum absolute atomic E-state index is 12.8. The molecular weight excluding hydrogens is 433 g/mol. The number of hydrogen-bond acceptors (Lipinski definition) is 4. The fourth-order valence-corrected chi connectivity index (χ4v) is 4.18. The van der Waals surface area contributed by atoms with Gasteiger partial charge in [-0.1, -0.05) is 0 Å². The van der Waals surface area contributed by atoms with Crippen LogP contribution >= 0.6 is 0 Å². The zero-order chi connectivity index (χ0) is 22.4. The van der Waals surface area contributed by atoms with Crippen molar-refractivity contribution in [1.82, 2.24) is 10.2 Å². The molecular formula is C20H15F3N4O3S. The first kappa shape index (κ1) is 20.7. The molecule has 1 aliphatic heterocycles. The summed E-state index contributed by atoms with van der Waals surface area (Å²) in [4.78, 5) is 12.2. The minimum Gasteiger partial charge on any atom is -0.321 e. The number of carbonyl (C=O) groups excluding carboxylic acids is 1. The van der Waals surface area contributed by atoms with Crippen LogP contribution in [0.5, 0.6) is 0 Å². The summed E-state index contributed by atoms with van der Waals surface area (Å²) in [6.07, 6.45) is -2.96. The molecule has 0 aliphatic carbocycles. The van der Waals surface area contributed by atoms with E-state index in [9.17, 15) is 26.4 Å². The van der Waals surface area contributed by atoms with Gasteiger partial charge >= 0.3 is 6.18 Å². The first-order valence-electron chi connectivity index (χ1n) is 8.92. The van der Waals surface area contributed by atoms with Crippen LogP contribution in [0.4, 0.5) is 24.5 Å². The number of nitrogens with zero attached hydrogens (tertiary/aromatic N) is 1. The monoisotopic (exact) mass is 448 g/mol. The minimum absolute atomic E-state index is 0.0219. The van der Waals surface area contributed by atoms with Crippen molar-refractivity contribution in [3.05, 3.63) is 71.0 Å². The molecule has 2 aromatic carbocycles. The topological polar surface area (TPSA) is 104 Å². The first-order chi connectivity index (χ1) is 14.5. The summed E-state index contributed by atoms with van der Waals surface area (Å²) >= 11 is 0. The molecule has 160 valence electrons. The number of anilines is 2. The van der Waals surface area contributed by atoms with Gasteiger partial charge in [-0.15, -0.1) is 0 Å². The molecule has 7 nitrogen and oxygen atoms in total. The number of nitrogens with one attached hydrogen (secondary N) is 3. The largest absolute Gasteiger partial charge is 0.416 e. The molecule has 1 aromatic heterocycles. The molecule has 0 spiro atoms. The van der Waals surface area contributed by atoms with Crippen molar-refractivity contribution in [2.45, 2.75) is 18.0 Å². The lowest BCUT2D eigenvalue weighted by molar-refractivity contribution is -0.137. The molecule has 0 atom stereocenters. The fourth-order valence-electron chi connectivity index (χ4n) is 3.09. The predicted octanol–water partition coefficient (Wildman–Crippen LogP) is 4.03. The number of benzene rings is 2. The fraction of sp³-hybridized carbons (Fsp3) is 0.100. The van der Waals surface area contributed by atoms with Crippen LogP contribution in [0.25, 0.3) is 11.6 Å². The summed E-state index contributed by atoms with van der Waals surface area (Å²) in [5, 5.41) is 9.41. The van der Waals surface area contributed by atoms with Gasteiger partial charge in [0.1, 0.15) is 0 Å². The highest BCUT2D eigenvalue weighted by atomic mass is 32.2. The number of H-pyrrole nitrogens is 1. The Morgan fingerprint density at radius 3 is 2.39 bits per heavy atom. The van der Waals surface area contributed by atoms with Gasteiger partial charge in [0.05, 0.1) is 27.4 Å². The molecule has 31 heavy (non-hydrogen) atoms. The van der Waals surface area contributed by atoms with Gasteiger partial charge in [-0.2, -0.15) is 18.3 Å². The molecule has 2 heterocycles. The summed E-state index contributed by atoms with van der Waals surface area (Å²) in [6.45, 7) is 1.78. The summed E-state index contributed by atoms with van der Waals surface area (Å²) in [7, 11) is -4.11. The summed E-state index contributed by atoms with van der Waals surface area (Å²) in [5.41, 5.74) is 1.47. The number of fused-ring (bicyclic) bond motifs is 1. The van der Waals surface area contributed by atoms with Crippen molar-refractivity contribution >= 4 is 39.0 Å². The lowest BCUT2D eigenvalue weighted by atomic mass is 10.1. The molecule has 3 aromatic rings. The van der Waals surface area contributed by atoms with E-state index in [1.165, 1.54) is 18.2 Å². The SMILES string of the molecule is Cc1cc(C=C2C(=O)Nc3ccc(S(=O)(=O)Nc4ccc(C(F)(F)F)cc4)cc32)[nH]n1. The molecule has 0 fully saturated rings. The smallest absolute Gasteiger partial charge is 0.321 e. The zero-order valence-electron chi connectivity index (χ0n) is 15.9. The van der Waals surface area contributed by atoms with Crippen molar-refractivity contribution in [2.75, 3.05) is 10.0 Å². The number of carbonyl (C=O) groups is 1. The predicted molar refractivity (Wildman–Crippen MR) is 109 cm³/mol. The van der Waals surface area contributed by atoms with Gasteiger partial charge in [-0.25, -0.2) is 8.42 Å². The third kappa shape index (κ3) is 4.17. The maximum atomic E-state index is 12.8. The van der Waals surface area contributed by atoms with Gasteiger partial charge in [0.25, 0.3) is 15.9 Å². The second-order valence-electron chi connectivity index (χ2n) is 6.86. The number of sulfonamides is 1. The number of hydrogen-bond donors (Lipinski definition) is 3. The normalized spacial score (nSPS) is 15.1. The van der Waals surface area contributed by atoms with E-state index in [2.05, 4.69) is 20.2 Å². The average molecular weight is 448 g/mol. The lowest BCUT2D eigenvalue weighted by Crippen LogP contribution is -2.13. The van der Waals surface area contributed by atoms with Crippen molar-refractivity contribution in [1.29, 1.82) is 0 Å². The molecule has 3 N–H and O–H groups in total. The average Bonchev–Trinajstić information content (AvgIpc) is 3.24. The van der Waals surface area contributed by atoms with E-state index in [1.54, 1.807) is 19.1 Å². The van der Waals surface area contributed by atoms with E-state index >= 15 is 0 Å². The number of aromatic nitrogens is 2. The highest BCUT2D eigenvalue weighted by molar-refractivity contribution is 7.92. The Labute approximate surface area is 175 Å². The van der Waals surface area contributed by atoms with E-state index < -0.39 is 27.7 Å². The van der Waals surface area contributed by atoms with Crippen LogP contribution in [0.15, 0.2) is 53.4 Å². The van der Waals surface area contributed by atoms with Gasteiger partial charge in [0.15, 0.2) is 0 Å². The Balaban J connectivity index is 1.65. The molecule has 0 bridgehead atoms. The number of amides is 1. The quantitative estimate of drug-likeness (QED) is 0.524. The zero-order valence-corrected chi connectivity index (χ0v) is 16.7. The van der Waals surface area contributed by atoms with Crippen molar-refractivity contribution < 1.29 is 26.4 Å². The van der Waals surface area contributed by atoms with Crippen LogP contribution in [0, 0.1) is 6.92 Å². The highest BCUT2D eigenvalue weighted by Gasteiger charge is 2.30. The number of aryl methyl sites for hydroxylation is 1. The van der Waals surface area contributed by atoms with Gasteiger partial charge < -0.3 is 5.32 Å². The molecule has 1 aliphatic rings. The van der Waals surface area contributed by atoms with Crippen LogP contribution in [-0.4, -0.2) is 24.5 Å². The van der Waals surface area contributed by atoms with Gasteiger partial charge in [-0.05, 0) is 61.5 Å².